The van der Waals surface area contributed by atoms with Gasteiger partial charge in [0.15, 0.2) is 11.5 Å². The first-order valence-electron chi connectivity index (χ1n) is 8.64. The van der Waals surface area contributed by atoms with Gasteiger partial charge in [-0.3, -0.25) is 4.79 Å². The quantitative estimate of drug-likeness (QED) is 0.695. The molecule has 0 aliphatic heterocycles. The highest BCUT2D eigenvalue weighted by Crippen LogP contribution is 2.39. The molecule has 0 bridgehead atoms. The minimum absolute atomic E-state index is 0.277. The molecule has 6 heteroatoms. The number of hydrogen-bond acceptors (Lipinski definition) is 4. The van der Waals surface area contributed by atoms with Crippen molar-refractivity contribution in [2.75, 3.05) is 25.1 Å². The van der Waals surface area contributed by atoms with Gasteiger partial charge in [-0.1, -0.05) is 17.7 Å². The van der Waals surface area contributed by atoms with Crippen LogP contribution in [-0.2, 0) is 0 Å². The van der Waals surface area contributed by atoms with Gasteiger partial charge < -0.3 is 19.5 Å². The first-order chi connectivity index (χ1) is 12.5. The average molecular weight is 378 g/mol. The van der Waals surface area contributed by atoms with Crippen LogP contribution in [0.25, 0.3) is 0 Å². The van der Waals surface area contributed by atoms with E-state index in [2.05, 4.69) is 5.32 Å². The van der Waals surface area contributed by atoms with E-state index < -0.39 is 0 Å². The SMILES string of the molecule is CCOc1cc(C(=O)Nc2cc(Cl)ccc2C)cc(OCC)c1OCC. The standard InChI is InChI=1S/C20H24ClNO4/c1-5-24-17-10-14(11-18(25-6-2)19(17)26-7-3)20(23)22-16-12-15(21)9-8-13(16)4/h8-12H,5-7H2,1-4H3,(H,22,23). The number of aryl methyl sites for hydroxylation is 1. The summed E-state index contributed by atoms with van der Waals surface area (Å²) in [4.78, 5) is 12.8. The fourth-order valence-corrected chi connectivity index (χ4v) is 2.62. The molecule has 0 radical (unpaired) electrons. The normalized spacial score (nSPS) is 10.3. The van der Waals surface area contributed by atoms with Crippen molar-refractivity contribution in [1.29, 1.82) is 0 Å². The highest BCUT2D eigenvalue weighted by Gasteiger charge is 2.19. The van der Waals surface area contributed by atoms with Gasteiger partial charge >= 0.3 is 0 Å². The van der Waals surface area contributed by atoms with Crippen LogP contribution in [0, 0.1) is 6.92 Å². The van der Waals surface area contributed by atoms with E-state index in [4.69, 9.17) is 25.8 Å². The summed E-state index contributed by atoms with van der Waals surface area (Å²) in [7, 11) is 0. The van der Waals surface area contributed by atoms with Crippen molar-refractivity contribution < 1.29 is 19.0 Å². The zero-order valence-corrected chi connectivity index (χ0v) is 16.3. The molecule has 2 rings (SSSR count). The number of anilines is 1. The monoisotopic (exact) mass is 377 g/mol. The molecule has 0 aliphatic carbocycles. The minimum atomic E-state index is -0.277. The molecular formula is C20H24ClNO4. The van der Waals surface area contributed by atoms with Crippen molar-refractivity contribution >= 4 is 23.2 Å². The van der Waals surface area contributed by atoms with E-state index in [-0.39, 0.29) is 5.91 Å². The van der Waals surface area contributed by atoms with Crippen LogP contribution < -0.4 is 19.5 Å². The summed E-state index contributed by atoms with van der Waals surface area (Å²) in [6, 6.07) is 8.67. The van der Waals surface area contributed by atoms with Crippen LogP contribution in [0.4, 0.5) is 5.69 Å². The van der Waals surface area contributed by atoms with E-state index in [1.807, 2.05) is 33.8 Å². The van der Waals surface area contributed by atoms with Crippen molar-refractivity contribution in [3.63, 3.8) is 0 Å². The molecule has 0 fully saturated rings. The Labute approximate surface area is 159 Å². The summed E-state index contributed by atoms with van der Waals surface area (Å²) in [5.41, 5.74) is 2.00. The predicted molar refractivity (Wildman–Crippen MR) is 104 cm³/mol. The van der Waals surface area contributed by atoms with Gasteiger partial charge in [0.25, 0.3) is 5.91 Å². The average Bonchev–Trinajstić information content (AvgIpc) is 2.61. The van der Waals surface area contributed by atoms with E-state index in [1.165, 1.54) is 0 Å². The summed E-state index contributed by atoms with van der Waals surface area (Å²) in [5.74, 6) is 1.19. The second-order valence-electron chi connectivity index (χ2n) is 5.51. The molecule has 140 valence electrons. The molecule has 0 spiro atoms. The minimum Gasteiger partial charge on any atom is -0.490 e. The Morgan fingerprint density at radius 2 is 1.54 bits per heavy atom. The summed E-state index contributed by atoms with van der Waals surface area (Å²) in [6.45, 7) is 8.90. The van der Waals surface area contributed by atoms with Crippen molar-refractivity contribution in [3.05, 3.63) is 46.5 Å². The van der Waals surface area contributed by atoms with Crippen LogP contribution in [0.15, 0.2) is 30.3 Å². The summed E-state index contributed by atoms with van der Waals surface area (Å²) < 4.78 is 17.0. The number of carbonyl (C=O) groups is 1. The Hall–Kier alpha value is -2.40. The topological polar surface area (TPSA) is 56.8 Å². The third-order valence-corrected chi connectivity index (χ3v) is 3.85. The highest BCUT2D eigenvalue weighted by atomic mass is 35.5. The van der Waals surface area contributed by atoms with Crippen LogP contribution in [0.5, 0.6) is 17.2 Å². The Balaban J connectivity index is 2.40. The van der Waals surface area contributed by atoms with Gasteiger partial charge in [0, 0.05) is 16.3 Å². The Bertz CT molecular complexity index is 749. The van der Waals surface area contributed by atoms with Crippen molar-refractivity contribution in [3.8, 4) is 17.2 Å². The molecule has 5 nitrogen and oxygen atoms in total. The lowest BCUT2D eigenvalue weighted by Gasteiger charge is -2.17. The number of hydrogen-bond donors (Lipinski definition) is 1. The maximum atomic E-state index is 12.8. The molecule has 1 amide bonds. The van der Waals surface area contributed by atoms with Crippen LogP contribution in [0.2, 0.25) is 5.02 Å². The molecule has 1 N–H and O–H groups in total. The van der Waals surface area contributed by atoms with E-state index in [0.717, 1.165) is 5.56 Å². The van der Waals surface area contributed by atoms with Gasteiger partial charge in [0.2, 0.25) is 5.75 Å². The second-order valence-corrected chi connectivity index (χ2v) is 5.95. The van der Waals surface area contributed by atoms with Crippen LogP contribution >= 0.6 is 11.6 Å². The van der Waals surface area contributed by atoms with Crippen LogP contribution in [-0.4, -0.2) is 25.7 Å². The summed E-state index contributed by atoms with van der Waals surface area (Å²) in [6.07, 6.45) is 0. The number of halogens is 1. The lowest BCUT2D eigenvalue weighted by atomic mass is 10.1. The second kappa shape index (κ2) is 9.34. The van der Waals surface area contributed by atoms with Gasteiger partial charge in [-0.15, -0.1) is 0 Å². The van der Waals surface area contributed by atoms with E-state index in [1.54, 1.807) is 24.3 Å². The lowest BCUT2D eigenvalue weighted by molar-refractivity contribution is 0.102. The Morgan fingerprint density at radius 3 is 2.08 bits per heavy atom. The molecule has 2 aromatic carbocycles. The zero-order valence-electron chi connectivity index (χ0n) is 15.5. The van der Waals surface area contributed by atoms with E-state index in [0.29, 0.717) is 53.3 Å². The Kier molecular flexibility index (Phi) is 7.16. The van der Waals surface area contributed by atoms with Crippen molar-refractivity contribution in [1.82, 2.24) is 0 Å². The molecule has 2 aromatic rings. The molecule has 0 heterocycles. The van der Waals surface area contributed by atoms with E-state index in [9.17, 15) is 4.79 Å². The fourth-order valence-electron chi connectivity index (χ4n) is 2.44. The van der Waals surface area contributed by atoms with Crippen LogP contribution in [0.3, 0.4) is 0 Å². The van der Waals surface area contributed by atoms with Gasteiger partial charge in [0.05, 0.1) is 19.8 Å². The number of amides is 1. The molecule has 0 unspecified atom stereocenters. The number of ether oxygens (including phenoxy) is 3. The number of benzene rings is 2. The largest absolute Gasteiger partial charge is 0.490 e. The van der Waals surface area contributed by atoms with Crippen molar-refractivity contribution in [2.24, 2.45) is 0 Å². The third kappa shape index (κ3) is 4.82. The van der Waals surface area contributed by atoms with E-state index >= 15 is 0 Å². The molecule has 0 saturated heterocycles. The summed E-state index contributed by atoms with van der Waals surface area (Å²) >= 11 is 6.03. The highest BCUT2D eigenvalue weighted by molar-refractivity contribution is 6.31. The fraction of sp³-hybridized carbons (Fsp3) is 0.350. The van der Waals surface area contributed by atoms with Gasteiger partial charge in [-0.25, -0.2) is 0 Å². The van der Waals surface area contributed by atoms with Gasteiger partial charge in [-0.2, -0.15) is 0 Å². The smallest absolute Gasteiger partial charge is 0.255 e. The summed E-state index contributed by atoms with van der Waals surface area (Å²) in [5, 5.41) is 3.44. The molecule has 0 saturated carbocycles. The van der Waals surface area contributed by atoms with Crippen LogP contribution in [0.1, 0.15) is 36.7 Å². The molecule has 26 heavy (non-hydrogen) atoms. The lowest BCUT2D eigenvalue weighted by Crippen LogP contribution is -2.14. The number of nitrogens with one attached hydrogen (secondary N) is 1. The maximum Gasteiger partial charge on any atom is 0.255 e. The van der Waals surface area contributed by atoms with Crippen molar-refractivity contribution in [2.45, 2.75) is 27.7 Å². The first kappa shape index (κ1) is 19.9. The molecule has 0 atom stereocenters. The van der Waals surface area contributed by atoms with Gasteiger partial charge in [0.1, 0.15) is 0 Å². The predicted octanol–water partition coefficient (Wildman–Crippen LogP) is 5.10. The molecule has 0 aromatic heterocycles. The Morgan fingerprint density at radius 1 is 0.962 bits per heavy atom. The first-order valence-corrected chi connectivity index (χ1v) is 9.01. The zero-order chi connectivity index (χ0) is 19.1. The maximum absolute atomic E-state index is 12.8. The van der Waals surface area contributed by atoms with Gasteiger partial charge in [-0.05, 0) is 57.5 Å². The third-order valence-electron chi connectivity index (χ3n) is 3.62. The number of carbonyl (C=O) groups excluding carboxylic acids is 1. The molecule has 0 aliphatic rings. The number of rotatable bonds is 8. The molecular weight excluding hydrogens is 354 g/mol.